The average Bonchev–Trinajstić information content (AvgIpc) is 2.75. The number of carbonyl (C=O) groups excluding carboxylic acids is 1. The molecule has 24 heavy (non-hydrogen) atoms. The van der Waals surface area contributed by atoms with Crippen LogP contribution in [0.25, 0.3) is 0 Å². The summed E-state index contributed by atoms with van der Waals surface area (Å²) >= 11 is 0. The number of carbonyl (C=O) groups is 1. The molecule has 1 aliphatic rings. The predicted molar refractivity (Wildman–Crippen MR) is 82.5 cm³/mol. The van der Waals surface area contributed by atoms with Gasteiger partial charge < -0.3 is 10.1 Å². The van der Waals surface area contributed by atoms with Crippen LogP contribution >= 0.6 is 0 Å². The van der Waals surface area contributed by atoms with Gasteiger partial charge >= 0.3 is 6.03 Å². The van der Waals surface area contributed by atoms with Gasteiger partial charge in [-0.3, -0.25) is 4.90 Å². The van der Waals surface area contributed by atoms with Crippen LogP contribution in [0.15, 0.2) is 36.4 Å². The third-order valence-corrected chi connectivity index (χ3v) is 3.69. The maximum absolute atomic E-state index is 13.6. The van der Waals surface area contributed by atoms with Crippen LogP contribution in [0, 0.1) is 17.5 Å². The van der Waals surface area contributed by atoms with Gasteiger partial charge in [-0.1, -0.05) is 6.07 Å². The zero-order valence-electron chi connectivity index (χ0n) is 12.7. The number of amides is 2. The van der Waals surface area contributed by atoms with Crippen molar-refractivity contribution in [2.45, 2.75) is 13.0 Å². The van der Waals surface area contributed by atoms with Gasteiger partial charge in [0, 0.05) is 30.8 Å². The Kier molecular flexibility index (Phi) is 4.59. The lowest BCUT2D eigenvalue weighted by atomic mass is 10.2. The number of benzene rings is 2. The Balaban J connectivity index is 1.75. The zero-order valence-corrected chi connectivity index (χ0v) is 12.7. The quantitative estimate of drug-likeness (QED) is 0.910. The second kappa shape index (κ2) is 6.82. The van der Waals surface area contributed by atoms with E-state index >= 15 is 0 Å². The second-order valence-corrected chi connectivity index (χ2v) is 5.36. The van der Waals surface area contributed by atoms with Gasteiger partial charge in [0.05, 0.1) is 12.3 Å². The SMILES string of the molecule is O=C(NCc1ccc(F)cc1F)N1CCCOc2cc(F)ccc21. The Hall–Kier alpha value is -2.70. The Morgan fingerprint density at radius 1 is 1.12 bits per heavy atom. The van der Waals surface area contributed by atoms with E-state index in [1.807, 2.05) is 0 Å². The van der Waals surface area contributed by atoms with Gasteiger partial charge in [-0.15, -0.1) is 0 Å². The van der Waals surface area contributed by atoms with Crippen molar-refractivity contribution in [2.24, 2.45) is 0 Å². The lowest BCUT2D eigenvalue weighted by molar-refractivity contribution is 0.245. The van der Waals surface area contributed by atoms with Gasteiger partial charge in [-0.2, -0.15) is 0 Å². The molecule has 1 aliphatic heterocycles. The van der Waals surface area contributed by atoms with Gasteiger partial charge in [-0.05, 0) is 24.6 Å². The van der Waals surface area contributed by atoms with Gasteiger partial charge in [0.25, 0.3) is 0 Å². The molecule has 2 aromatic rings. The van der Waals surface area contributed by atoms with Crippen LogP contribution in [0.1, 0.15) is 12.0 Å². The summed E-state index contributed by atoms with van der Waals surface area (Å²) in [5, 5.41) is 2.59. The van der Waals surface area contributed by atoms with E-state index in [1.54, 1.807) is 0 Å². The van der Waals surface area contributed by atoms with Crippen molar-refractivity contribution in [2.75, 3.05) is 18.1 Å². The summed E-state index contributed by atoms with van der Waals surface area (Å²) in [6.45, 7) is 0.669. The molecule has 2 amide bonds. The van der Waals surface area contributed by atoms with E-state index < -0.39 is 23.5 Å². The van der Waals surface area contributed by atoms with Crippen molar-refractivity contribution >= 4 is 11.7 Å². The lowest BCUT2D eigenvalue weighted by Crippen LogP contribution is -2.40. The molecule has 4 nitrogen and oxygen atoms in total. The molecule has 0 atom stereocenters. The third-order valence-electron chi connectivity index (χ3n) is 3.69. The first kappa shape index (κ1) is 16.2. The molecule has 2 aromatic carbocycles. The van der Waals surface area contributed by atoms with E-state index in [0.29, 0.717) is 25.3 Å². The van der Waals surface area contributed by atoms with Crippen molar-refractivity contribution < 1.29 is 22.7 Å². The summed E-state index contributed by atoms with van der Waals surface area (Å²) in [6, 6.07) is 6.64. The molecule has 3 rings (SSSR count). The lowest BCUT2D eigenvalue weighted by Gasteiger charge is -2.22. The monoisotopic (exact) mass is 336 g/mol. The smallest absolute Gasteiger partial charge is 0.322 e. The number of fused-ring (bicyclic) bond motifs is 1. The first-order valence-corrected chi connectivity index (χ1v) is 7.46. The summed E-state index contributed by atoms with van der Waals surface area (Å²) in [4.78, 5) is 13.8. The maximum Gasteiger partial charge on any atom is 0.322 e. The van der Waals surface area contributed by atoms with Crippen molar-refractivity contribution in [1.29, 1.82) is 0 Å². The van der Waals surface area contributed by atoms with E-state index in [9.17, 15) is 18.0 Å². The topological polar surface area (TPSA) is 41.6 Å². The van der Waals surface area contributed by atoms with Crippen LogP contribution < -0.4 is 15.0 Å². The van der Waals surface area contributed by atoms with Crippen LogP contribution in [-0.2, 0) is 6.54 Å². The van der Waals surface area contributed by atoms with Crippen LogP contribution in [0.3, 0.4) is 0 Å². The zero-order chi connectivity index (χ0) is 17.1. The first-order chi connectivity index (χ1) is 11.5. The minimum absolute atomic E-state index is 0.0845. The molecular formula is C17H15F3N2O2. The number of nitrogens with one attached hydrogen (secondary N) is 1. The highest BCUT2D eigenvalue weighted by atomic mass is 19.1. The molecule has 1 heterocycles. The molecule has 126 valence electrons. The standard InChI is InChI=1S/C17H15F3N2O2/c18-12-3-2-11(14(20)8-12)10-21-17(23)22-6-1-7-24-16-9-13(19)4-5-15(16)22/h2-5,8-9H,1,6-7,10H2,(H,21,23). The molecular weight excluding hydrogens is 321 g/mol. The number of urea groups is 1. The molecule has 0 saturated carbocycles. The number of ether oxygens (including phenoxy) is 1. The van der Waals surface area contributed by atoms with E-state index in [4.69, 9.17) is 4.74 Å². The minimum Gasteiger partial charge on any atom is -0.491 e. The molecule has 7 heteroatoms. The Bertz CT molecular complexity index is 767. The fourth-order valence-electron chi connectivity index (χ4n) is 2.49. The fraction of sp³-hybridized carbons (Fsp3) is 0.235. The summed E-state index contributed by atoms with van der Waals surface area (Å²) in [6.07, 6.45) is 0.578. The molecule has 0 saturated heterocycles. The number of rotatable bonds is 2. The van der Waals surface area contributed by atoms with Crippen molar-refractivity contribution in [3.8, 4) is 5.75 Å². The van der Waals surface area contributed by atoms with Crippen molar-refractivity contribution in [3.63, 3.8) is 0 Å². The number of hydrogen-bond donors (Lipinski definition) is 1. The fourth-order valence-corrected chi connectivity index (χ4v) is 2.49. The van der Waals surface area contributed by atoms with Gasteiger partial charge in [-0.25, -0.2) is 18.0 Å². The van der Waals surface area contributed by atoms with Crippen molar-refractivity contribution in [3.05, 3.63) is 59.4 Å². The molecule has 0 spiro atoms. The van der Waals surface area contributed by atoms with E-state index in [0.717, 1.165) is 12.1 Å². The van der Waals surface area contributed by atoms with Crippen molar-refractivity contribution in [1.82, 2.24) is 5.32 Å². The third kappa shape index (κ3) is 3.45. The van der Waals surface area contributed by atoms with Gasteiger partial charge in [0.15, 0.2) is 0 Å². The number of nitrogens with zero attached hydrogens (tertiary/aromatic N) is 1. The number of halogens is 3. The highest BCUT2D eigenvalue weighted by Gasteiger charge is 2.22. The Morgan fingerprint density at radius 2 is 1.88 bits per heavy atom. The van der Waals surface area contributed by atoms with Crippen LogP contribution in [0.2, 0.25) is 0 Å². The largest absolute Gasteiger partial charge is 0.491 e. The molecule has 0 aromatic heterocycles. The summed E-state index contributed by atoms with van der Waals surface area (Å²) < 4.78 is 45.3. The molecule has 1 N–H and O–H groups in total. The first-order valence-electron chi connectivity index (χ1n) is 7.46. The second-order valence-electron chi connectivity index (χ2n) is 5.36. The van der Waals surface area contributed by atoms with Crippen LogP contribution in [0.4, 0.5) is 23.7 Å². The molecule has 0 unspecified atom stereocenters. The van der Waals surface area contributed by atoms with E-state index in [2.05, 4.69) is 5.32 Å². The summed E-state index contributed by atoms with van der Waals surface area (Å²) in [5.74, 6) is -1.57. The van der Waals surface area contributed by atoms with Gasteiger partial charge in [0.2, 0.25) is 0 Å². The minimum atomic E-state index is -0.725. The number of hydrogen-bond acceptors (Lipinski definition) is 2. The molecule has 0 radical (unpaired) electrons. The summed E-state index contributed by atoms with van der Waals surface area (Å²) in [7, 11) is 0. The van der Waals surface area contributed by atoms with E-state index in [1.165, 1.54) is 29.2 Å². The Morgan fingerprint density at radius 3 is 2.67 bits per heavy atom. The van der Waals surface area contributed by atoms with E-state index in [-0.39, 0.29) is 17.9 Å². The number of anilines is 1. The predicted octanol–water partition coefficient (Wildman–Crippen LogP) is 3.60. The van der Waals surface area contributed by atoms with Crippen LogP contribution in [-0.4, -0.2) is 19.2 Å². The normalized spacial score (nSPS) is 13.7. The molecule has 0 fully saturated rings. The highest BCUT2D eigenvalue weighted by molar-refractivity contribution is 5.93. The van der Waals surface area contributed by atoms with Gasteiger partial charge in [0.1, 0.15) is 23.2 Å². The average molecular weight is 336 g/mol. The molecule has 0 bridgehead atoms. The Labute approximate surface area is 136 Å². The maximum atomic E-state index is 13.6. The molecule has 0 aliphatic carbocycles. The summed E-state index contributed by atoms with van der Waals surface area (Å²) in [5.41, 5.74) is 0.626. The van der Waals surface area contributed by atoms with Crippen LogP contribution in [0.5, 0.6) is 5.75 Å². The highest BCUT2D eigenvalue weighted by Crippen LogP contribution is 2.31.